The lowest BCUT2D eigenvalue weighted by Crippen LogP contribution is -2.01. The number of hydrogen-bond donors (Lipinski definition) is 2. The van der Waals surface area contributed by atoms with Crippen molar-refractivity contribution in [2.24, 2.45) is 0 Å². The fourth-order valence-electron chi connectivity index (χ4n) is 3.50. The van der Waals surface area contributed by atoms with Gasteiger partial charge in [0.2, 0.25) is 5.95 Å². The summed E-state index contributed by atoms with van der Waals surface area (Å²) >= 11 is 0. The number of pyridine rings is 2. The Morgan fingerprint density at radius 1 is 1.18 bits per heavy atom. The minimum absolute atomic E-state index is 0.443. The molecule has 4 aromatic heterocycles. The molecule has 5 rings (SSSR count). The zero-order valence-corrected chi connectivity index (χ0v) is 15.4. The molecule has 0 saturated heterocycles. The third kappa shape index (κ3) is 3.19. The highest BCUT2D eigenvalue weighted by Crippen LogP contribution is 2.42. The molecule has 0 aromatic carbocycles. The number of aromatic nitrogens is 5. The Bertz CT molecular complexity index is 1160. The van der Waals surface area contributed by atoms with Gasteiger partial charge < -0.3 is 10.3 Å². The van der Waals surface area contributed by atoms with E-state index in [-0.39, 0.29) is 0 Å². The van der Waals surface area contributed by atoms with E-state index < -0.39 is 5.95 Å². The maximum Gasteiger partial charge on any atom is 0.218 e. The minimum atomic E-state index is -0.482. The molecule has 2 N–H and O–H groups in total. The topological polar surface area (TPSA) is 79.4 Å². The Kier molecular flexibility index (Phi) is 4.00. The first-order valence-corrected chi connectivity index (χ1v) is 9.32. The molecule has 28 heavy (non-hydrogen) atoms. The van der Waals surface area contributed by atoms with E-state index in [9.17, 15) is 4.39 Å². The molecule has 0 unspecified atom stereocenters. The van der Waals surface area contributed by atoms with Gasteiger partial charge in [0.15, 0.2) is 0 Å². The highest BCUT2D eigenvalue weighted by molar-refractivity contribution is 5.83. The van der Waals surface area contributed by atoms with Gasteiger partial charge in [-0.2, -0.15) is 4.39 Å². The van der Waals surface area contributed by atoms with Crippen LogP contribution in [0.5, 0.6) is 0 Å². The predicted octanol–water partition coefficient (Wildman–Crippen LogP) is 4.41. The fraction of sp³-hybridized carbons (Fsp3) is 0.238. The molecule has 0 radical (unpaired) electrons. The van der Waals surface area contributed by atoms with Gasteiger partial charge in [-0.3, -0.25) is 4.98 Å². The van der Waals surface area contributed by atoms with Crippen LogP contribution in [0.3, 0.4) is 0 Å². The SMILES string of the molecule is Cc1cncc(Nc2ccc(Cc3c[nH]c4ncnc(C5CC5)c34)c(F)n2)c1. The predicted molar refractivity (Wildman–Crippen MR) is 105 cm³/mol. The van der Waals surface area contributed by atoms with Gasteiger partial charge in [0.25, 0.3) is 0 Å². The summed E-state index contributed by atoms with van der Waals surface area (Å²) < 4.78 is 14.7. The molecular formula is C21H19FN6. The summed E-state index contributed by atoms with van der Waals surface area (Å²) in [5.41, 5.74) is 5.23. The van der Waals surface area contributed by atoms with Crippen LogP contribution in [0.15, 0.2) is 43.1 Å². The number of rotatable bonds is 5. The molecule has 4 heterocycles. The van der Waals surface area contributed by atoms with Crippen molar-refractivity contribution in [1.82, 2.24) is 24.9 Å². The maximum atomic E-state index is 14.7. The van der Waals surface area contributed by atoms with E-state index in [1.54, 1.807) is 30.9 Å². The summed E-state index contributed by atoms with van der Waals surface area (Å²) in [5.74, 6) is 0.469. The lowest BCUT2D eigenvalue weighted by molar-refractivity contribution is 0.572. The van der Waals surface area contributed by atoms with Gasteiger partial charge in [-0.1, -0.05) is 6.07 Å². The van der Waals surface area contributed by atoms with Gasteiger partial charge in [0.1, 0.15) is 17.8 Å². The van der Waals surface area contributed by atoms with Crippen molar-refractivity contribution in [2.75, 3.05) is 5.32 Å². The Morgan fingerprint density at radius 2 is 2.07 bits per heavy atom. The molecule has 6 nitrogen and oxygen atoms in total. The van der Waals surface area contributed by atoms with Gasteiger partial charge in [-0.25, -0.2) is 15.0 Å². The number of nitrogens with zero attached hydrogens (tertiary/aromatic N) is 4. The molecule has 1 aliphatic rings. The van der Waals surface area contributed by atoms with Crippen LogP contribution in [0, 0.1) is 12.9 Å². The van der Waals surface area contributed by atoms with Crippen molar-refractivity contribution in [1.29, 1.82) is 0 Å². The Morgan fingerprint density at radius 3 is 2.86 bits per heavy atom. The average molecular weight is 374 g/mol. The molecule has 0 amide bonds. The quantitative estimate of drug-likeness (QED) is 0.506. The summed E-state index contributed by atoms with van der Waals surface area (Å²) in [7, 11) is 0. The molecule has 1 fully saturated rings. The third-order valence-corrected chi connectivity index (χ3v) is 5.00. The van der Waals surface area contributed by atoms with Crippen molar-refractivity contribution >= 4 is 22.5 Å². The summed E-state index contributed by atoms with van der Waals surface area (Å²) in [6, 6.07) is 5.49. The van der Waals surface area contributed by atoms with E-state index in [0.29, 0.717) is 23.7 Å². The van der Waals surface area contributed by atoms with Gasteiger partial charge in [0.05, 0.1) is 17.6 Å². The van der Waals surface area contributed by atoms with Crippen LogP contribution >= 0.6 is 0 Å². The summed E-state index contributed by atoms with van der Waals surface area (Å²) in [6.07, 6.45) is 9.70. The molecule has 4 aromatic rings. The average Bonchev–Trinajstić information content (AvgIpc) is 3.45. The second-order valence-electron chi connectivity index (χ2n) is 7.27. The van der Waals surface area contributed by atoms with E-state index >= 15 is 0 Å². The van der Waals surface area contributed by atoms with E-state index in [4.69, 9.17) is 0 Å². The smallest absolute Gasteiger partial charge is 0.218 e. The monoisotopic (exact) mass is 374 g/mol. The first-order chi connectivity index (χ1) is 13.7. The van der Waals surface area contributed by atoms with Crippen molar-refractivity contribution < 1.29 is 4.39 Å². The lowest BCUT2D eigenvalue weighted by Gasteiger charge is -2.08. The molecular weight excluding hydrogens is 355 g/mol. The normalized spacial score (nSPS) is 13.8. The van der Waals surface area contributed by atoms with Crippen LogP contribution in [0.2, 0.25) is 0 Å². The second-order valence-corrected chi connectivity index (χ2v) is 7.27. The first kappa shape index (κ1) is 16.8. The third-order valence-electron chi connectivity index (χ3n) is 5.00. The van der Waals surface area contributed by atoms with E-state index in [0.717, 1.165) is 46.4 Å². The summed E-state index contributed by atoms with van der Waals surface area (Å²) in [4.78, 5) is 20.2. The minimum Gasteiger partial charge on any atom is -0.346 e. The van der Waals surface area contributed by atoms with Crippen LogP contribution in [0.25, 0.3) is 11.0 Å². The van der Waals surface area contributed by atoms with Crippen LogP contribution in [-0.4, -0.2) is 24.9 Å². The summed E-state index contributed by atoms with van der Waals surface area (Å²) in [5, 5.41) is 4.12. The van der Waals surface area contributed by atoms with Crippen molar-refractivity contribution in [3.05, 3.63) is 71.4 Å². The number of nitrogens with one attached hydrogen (secondary N) is 2. The highest BCUT2D eigenvalue weighted by Gasteiger charge is 2.28. The standard InChI is InChI=1S/C21H19FN6/c1-12-6-16(10-23-8-12)27-17-5-4-14(20(22)28-17)7-15-9-24-21-18(15)19(13-2-3-13)25-11-26-21/h4-6,8-11,13H,2-3,7H2,1H3,(H,27,28)(H,24,25,26). The summed E-state index contributed by atoms with van der Waals surface area (Å²) in [6.45, 7) is 1.95. The van der Waals surface area contributed by atoms with Gasteiger partial charge >= 0.3 is 0 Å². The largest absolute Gasteiger partial charge is 0.346 e. The maximum absolute atomic E-state index is 14.7. The Balaban J connectivity index is 1.42. The lowest BCUT2D eigenvalue weighted by atomic mass is 10.0. The molecule has 7 heteroatoms. The van der Waals surface area contributed by atoms with Gasteiger partial charge in [-0.15, -0.1) is 0 Å². The zero-order valence-electron chi connectivity index (χ0n) is 15.4. The van der Waals surface area contributed by atoms with Gasteiger partial charge in [-0.05, 0) is 43.0 Å². The number of anilines is 2. The number of fused-ring (bicyclic) bond motifs is 1. The van der Waals surface area contributed by atoms with Crippen LogP contribution in [0.1, 0.15) is 41.1 Å². The Labute approximate surface area is 161 Å². The molecule has 0 aliphatic heterocycles. The fourth-order valence-corrected chi connectivity index (χ4v) is 3.50. The molecule has 1 aliphatic carbocycles. The van der Waals surface area contributed by atoms with Crippen molar-refractivity contribution in [3.63, 3.8) is 0 Å². The first-order valence-electron chi connectivity index (χ1n) is 9.32. The zero-order chi connectivity index (χ0) is 19.1. The number of halogens is 1. The van der Waals surface area contributed by atoms with Crippen LogP contribution in [-0.2, 0) is 6.42 Å². The van der Waals surface area contributed by atoms with Crippen LogP contribution < -0.4 is 5.32 Å². The van der Waals surface area contributed by atoms with E-state index in [1.165, 1.54) is 0 Å². The van der Waals surface area contributed by atoms with E-state index in [1.807, 2.05) is 19.2 Å². The van der Waals surface area contributed by atoms with E-state index in [2.05, 4.69) is 30.2 Å². The molecule has 0 atom stereocenters. The number of aromatic amines is 1. The molecule has 0 spiro atoms. The van der Waals surface area contributed by atoms with Gasteiger partial charge in [0, 0.05) is 35.7 Å². The van der Waals surface area contributed by atoms with Crippen LogP contribution in [0.4, 0.5) is 15.9 Å². The number of aryl methyl sites for hydroxylation is 1. The highest BCUT2D eigenvalue weighted by atomic mass is 19.1. The molecule has 0 bridgehead atoms. The molecule has 1 saturated carbocycles. The second kappa shape index (κ2) is 6.67. The van der Waals surface area contributed by atoms with Crippen molar-refractivity contribution in [2.45, 2.75) is 32.1 Å². The van der Waals surface area contributed by atoms with Crippen molar-refractivity contribution in [3.8, 4) is 0 Å². The number of H-pyrrole nitrogens is 1. The molecule has 140 valence electrons. The number of hydrogen-bond acceptors (Lipinski definition) is 5. The Hall–Kier alpha value is -3.35.